The van der Waals surface area contributed by atoms with E-state index in [-0.39, 0.29) is 0 Å². The van der Waals surface area contributed by atoms with Gasteiger partial charge in [-0.25, -0.2) is 0 Å². The number of aromatic nitrogens is 1. The Labute approximate surface area is 99.5 Å². The maximum atomic E-state index is 4.49. The number of pyridine rings is 1. The van der Waals surface area contributed by atoms with Crippen molar-refractivity contribution in [1.82, 2.24) is 10.3 Å². The van der Waals surface area contributed by atoms with Crippen LogP contribution in [-0.2, 0) is 0 Å². The number of hydrogen-bond donors (Lipinski definition) is 1. The predicted octanol–water partition coefficient (Wildman–Crippen LogP) is 3.21. The normalized spacial score (nSPS) is 15.1. The first kappa shape index (κ1) is 13.2. The van der Waals surface area contributed by atoms with E-state index in [4.69, 9.17) is 0 Å². The third-order valence-electron chi connectivity index (χ3n) is 3.00. The Bertz CT molecular complexity index is 282. The lowest BCUT2D eigenvalue weighted by molar-refractivity contribution is 0.371. The largest absolute Gasteiger partial charge is 0.314 e. The van der Waals surface area contributed by atoms with Gasteiger partial charge in [-0.15, -0.1) is 0 Å². The molecule has 2 heteroatoms. The van der Waals surface area contributed by atoms with Crippen molar-refractivity contribution in [3.8, 4) is 0 Å². The van der Waals surface area contributed by atoms with Gasteiger partial charge in [-0.1, -0.05) is 26.8 Å². The molecule has 0 spiro atoms. The summed E-state index contributed by atoms with van der Waals surface area (Å²) >= 11 is 0. The van der Waals surface area contributed by atoms with E-state index in [1.165, 1.54) is 12.1 Å². The maximum Gasteiger partial charge on any atom is 0.0452 e. The van der Waals surface area contributed by atoms with Gasteiger partial charge in [0.05, 0.1) is 0 Å². The smallest absolute Gasteiger partial charge is 0.0452 e. The van der Waals surface area contributed by atoms with Crippen LogP contribution >= 0.6 is 0 Å². The van der Waals surface area contributed by atoms with Crippen LogP contribution < -0.4 is 5.32 Å². The molecule has 1 heterocycles. The van der Waals surface area contributed by atoms with Crippen LogP contribution in [0.4, 0.5) is 0 Å². The summed E-state index contributed by atoms with van der Waals surface area (Å²) in [6.45, 7) is 10.1. The third kappa shape index (κ3) is 3.60. The quantitative estimate of drug-likeness (QED) is 0.796. The molecular formula is C14H24N2. The van der Waals surface area contributed by atoms with E-state index in [9.17, 15) is 0 Å². The van der Waals surface area contributed by atoms with Crippen molar-refractivity contribution in [1.29, 1.82) is 0 Å². The van der Waals surface area contributed by atoms with Crippen molar-refractivity contribution in [3.05, 3.63) is 30.1 Å². The minimum Gasteiger partial charge on any atom is -0.314 e. The van der Waals surface area contributed by atoms with Gasteiger partial charge in [0.1, 0.15) is 0 Å². The summed E-state index contributed by atoms with van der Waals surface area (Å²) in [5, 5.41) is 3.57. The molecule has 1 rings (SSSR count). The average molecular weight is 220 g/mol. The molecule has 0 aliphatic rings. The van der Waals surface area contributed by atoms with Crippen molar-refractivity contribution in [2.75, 3.05) is 6.54 Å². The summed E-state index contributed by atoms with van der Waals surface area (Å²) in [7, 11) is 0. The van der Waals surface area contributed by atoms with Gasteiger partial charge in [0.2, 0.25) is 0 Å². The zero-order chi connectivity index (χ0) is 12.0. The Morgan fingerprint density at radius 1 is 1.25 bits per heavy atom. The molecule has 0 bridgehead atoms. The maximum absolute atomic E-state index is 4.49. The predicted molar refractivity (Wildman–Crippen MR) is 69.6 cm³/mol. The van der Waals surface area contributed by atoms with E-state index < -0.39 is 0 Å². The number of nitrogens with one attached hydrogen (secondary N) is 1. The van der Waals surface area contributed by atoms with Crippen LogP contribution in [0.15, 0.2) is 24.4 Å². The van der Waals surface area contributed by atoms with Gasteiger partial charge in [-0.2, -0.15) is 0 Å². The summed E-state index contributed by atoms with van der Waals surface area (Å²) in [6, 6.07) is 6.67. The summed E-state index contributed by atoms with van der Waals surface area (Å²) < 4.78 is 0. The second-order valence-electron chi connectivity index (χ2n) is 4.77. The molecule has 0 fully saturated rings. The number of nitrogens with zero attached hydrogens (tertiary/aromatic N) is 1. The van der Waals surface area contributed by atoms with Gasteiger partial charge in [-0.05, 0) is 37.9 Å². The highest BCUT2D eigenvalue weighted by atomic mass is 14.9. The van der Waals surface area contributed by atoms with Crippen LogP contribution in [-0.4, -0.2) is 17.6 Å². The van der Waals surface area contributed by atoms with Crippen molar-refractivity contribution >= 4 is 0 Å². The van der Waals surface area contributed by atoms with Crippen LogP contribution in [0.2, 0.25) is 0 Å². The Kier molecular flexibility index (Phi) is 5.47. The molecule has 0 amide bonds. The second kappa shape index (κ2) is 6.64. The Morgan fingerprint density at radius 3 is 2.50 bits per heavy atom. The van der Waals surface area contributed by atoms with Crippen molar-refractivity contribution in [2.24, 2.45) is 5.92 Å². The van der Waals surface area contributed by atoms with Crippen LogP contribution in [0.3, 0.4) is 0 Å². The molecule has 0 saturated carbocycles. The standard InChI is InChI=1S/C14H24N2/c1-5-9-15-12(4)14(11(2)3)13-8-6-7-10-16-13/h6-8,10-12,14-15H,5,9H2,1-4H3. The molecule has 2 atom stereocenters. The molecule has 0 saturated heterocycles. The molecule has 0 aliphatic carbocycles. The topological polar surface area (TPSA) is 24.9 Å². The molecule has 0 aromatic carbocycles. The molecule has 16 heavy (non-hydrogen) atoms. The summed E-state index contributed by atoms with van der Waals surface area (Å²) in [5.41, 5.74) is 1.20. The second-order valence-corrected chi connectivity index (χ2v) is 4.77. The number of hydrogen-bond acceptors (Lipinski definition) is 2. The molecule has 90 valence electrons. The average Bonchev–Trinajstić information content (AvgIpc) is 2.27. The first-order valence-corrected chi connectivity index (χ1v) is 6.31. The first-order chi connectivity index (χ1) is 7.66. The zero-order valence-electron chi connectivity index (χ0n) is 10.9. The lowest BCUT2D eigenvalue weighted by atomic mass is 9.86. The van der Waals surface area contributed by atoms with Gasteiger partial charge in [0.15, 0.2) is 0 Å². The molecule has 2 unspecified atom stereocenters. The van der Waals surface area contributed by atoms with Crippen molar-refractivity contribution < 1.29 is 0 Å². The van der Waals surface area contributed by atoms with Gasteiger partial charge < -0.3 is 5.32 Å². The minimum absolute atomic E-state index is 0.481. The third-order valence-corrected chi connectivity index (χ3v) is 3.00. The minimum atomic E-state index is 0.481. The lowest BCUT2D eigenvalue weighted by Gasteiger charge is -2.27. The molecule has 1 aromatic rings. The van der Waals surface area contributed by atoms with Gasteiger partial charge >= 0.3 is 0 Å². The molecule has 0 aliphatic heterocycles. The van der Waals surface area contributed by atoms with Crippen LogP contribution in [0.1, 0.15) is 45.7 Å². The molecule has 0 radical (unpaired) electrons. The van der Waals surface area contributed by atoms with Gasteiger partial charge in [0, 0.05) is 23.9 Å². The van der Waals surface area contributed by atoms with Crippen molar-refractivity contribution in [3.63, 3.8) is 0 Å². The van der Waals surface area contributed by atoms with Crippen LogP contribution in [0, 0.1) is 5.92 Å². The highest BCUT2D eigenvalue weighted by Crippen LogP contribution is 2.26. The number of rotatable bonds is 6. The van der Waals surface area contributed by atoms with E-state index in [1.54, 1.807) is 0 Å². The monoisotopic (exact) mass is 220 g/mol. The van der Waals surface area contributed by atoms with Crippen LogP contribution in [0.5, 0.6) is 0 Å². The van der Waals surface area contributed by atoms with Gasteiger partial charge in [0.25, 0.3) is 0 Å². The van der Waals surface area contributed by atoms with Crippen LogP contribution in [0.25, 0.3) is 0 Å². The van der Waals surface area contributed by atoms with E-state index in [2.05, 4.69) is 50.1 Å². The first-order valence-electron chi connectivity index (χ1n) is 6.31. The molecule has 1 aromatic heterocycles. The summed E-state index contributed by atoms with van der Waals surface area (Å²) in [4.78, 5) is 4.49. The lowest BCUT2D eigenvalue weighted by Crippen LogP contribution is -2.35. The van der Waals surface area contributed by atoms with Crippen molar-refractivity contribution in [2.45, 2.75) is 46.1 Å². The molecule has 2 nitrogen and oxygen atoms in total. The molecule has 1 N–H and O–H groups in total. The summed E-state index contributed by atoms with van der Waals surface area (Å²) in [6.07, 6.45) is 3.06. The van der Waals surface area contributed by atoms with E-state index in [1.807, 2.05) is 12.3 Å². The fourth-order valence-electron chi connectivity index (χ4n) is 2.25. The van der Waals surface area contributed by atoms with Gasteiger partial charge in [-0.3, -0.25) is 4.98 Å². The fraction of sp³-hybridized carbons (Fsp3) is 0.643. The fourth-order valence-corrected chi connectivity index (χ4v) is 2.25. The van der Waals surface area contributed by atoms with E-state index in [0.717, 1.165) is 6.54 Å². The Hall–Kier alpha value is -0.890. The highest BCUT2D eigenvalue weighted by Gasteiger charge is 2.22. The molecular weight excluding hydrogens is 196 g/mol. The highest BCUT2D eigenvalue weighted by molar-refractivity contribution is 5.12. The van der Waals surface area contributed by atoms with E-state index >= 15 is 0 Å². The SMILES string of the molecule is CCCNC(C)C(c1ccccn1)C(C)C. The Balaban J connectivity index is 2.75. The van der Waals surface area contributed by atoms with E-state index in [0.29, 0.717) is 17.9 Å². The Morgan fingerprint density at radius 2 is 2.00 bits per heavy atom. The zero-order valence-corrected chi connectivity index (χ0v) is 10.9. The summed E-state index contributed by atoms with van der Waals surface area (Å²) in [5.74, 6) is 1.10.